The van der Waals surface area contributed by atoms with E-state index < -0.39 is 0 Å². The van der Waals surface area contributed by atoms with Crippen LogP contribution >= 0.6 is 11.6 Å². The van der Waals surface area contributed by atoms with Gasteiger partial charge >= 0.3 is 0 Å². The van der Waals surface area contributed by atoms with Gasteiger partial charge in [-0.1, -0.05) is 35.9 Å². The number of anilines is 1. The molecule has 124 valence electrons. The van der Waals surface area contributed by atoms with Crippen LogP contribution in [0, 0.1) is 6.92 Å². The Morgan fingerprint density at radius 3 is 2.76 bits per heavy atom. The fraction of sp³-hybridized carbons (Fsp3) is 0.105. The number of rotatable bonds is 4. The number of pyridine rings is 1. The molecule has 0 unspecified atom stereocenters. The zero-order valence-electron chi connectivity index (χ0n) is 13.6. The first-order valence-corrected chi connectivity index (χ1v) is 8.33. The van der Waals surface area contributed by atoms with Gasteiger partial charge in [0.25, 0.3) is 0 Å². The third-order valence-corrected chi connectivity index (χ3v) is 4.29. The number of benzene rings is 1. The van der Waals surface area contributed by atoms with Crippen molar-refractivity contribution in [2.45, 2.75) is 13.5 Å². The van der Waals surface area contributed by atoms with Gasteiger partial charge in [0.2, 0.25) is 0 Å². The van der Waals surface area contributed by atoms with Gasteiger partial charge in [0.15, 0.2) is 5.65 Å². The highest BCUT2D eigenvalue weighted by molar-refractivity contribution is 6.33. The zero-order chi connectivity index (χ0) is 17.2. The molecule has 5 nitrogen and oxygen atoms in total. The number of halogens is 1. The lowest BCUT2D eigenvalue weighted by Crippen LogP contribution is -2.07. The van der Waals surface area contributed by atoms with Crippen molar-refractivity contribution in [3.63, 3.8) is 0 Å². The number of fused-ring (bicyclic) bond motifs is 1. The number of hydrogen-bond acceptors (Lipinski definition) is 4. The molecule has 1 aromatic carbocycles. The normalized spacial score (nSPS) is 11.0. The fourth-order valence-electron chi connectivity index (χ4n) is 2.78. The molecule has 6 heteroatoms. The lowest BCUT2D eigenvalue weighted by atomic mass is 10.1. The molecule has 4 rings (SSSR count). The van der Waals surface area contributed by atoms with E-state index >= 15 is 0 Å². The summed E-state index contributed by atoms with van der Waals surface area (Å²) in [6.45, 7) is 2.63. The van der Waals surface area contributed by atoms with E-state index in [0.717, 1.165) is 33.8 Å². The molecule has 25 heavy (non-hydrogen) atoms. The molecule has 0 aliphatic carbocycles. The minimum absolute atomic E-state index is 0.660. The highest BCUT2D eigenvalue weighted by Gasteiger charge is 2.14. The molecular formula is C19H16ClN5. The van der Waals surface area contributed by atoms with Crippen molar-refractivity contribution in [3.8, 4) is 11.1 Å². The van der Waals surface area contributed by atoms with Crippen LogP contribution in [0.4, 0.5) is 5.82 Å². The Hall–Kier alpha value is -2.92. The standard InChI is InChI=1S/C19H16ClN5/c1-13-9-18(22-11-14-5-4-8-21-10-14)25-19(24-13)16(12-23-25)15-6-2-3-7-17(15)20/h2-10,12,22H,11H2,1H3. The maximum absolute atomic E-state index is 6.35. The molecule has 0 saturated heterocycles. The van der Waals surface area contributed by atoms with Crippen LogP contribution < -0.4 is 5.32 Å². The van der Waals surface area contributed by atoms with Crippen LogP contribution in [0.5, 0.6) is 0 Å². The molecule has 0 spiro atoms. The molecule has 0 radical (unpaired) electrons. The average molecular weight is 350 g/mol. The second-order valence-corrected chi connectivity index (χ2v) is 6.18. The molecule has 1 N–H and O–H groups in total. The van der Waals surface area contributed by atoms with Crippen LogP contribution in [0.1, 0.15) is 11.3 Å². The van der Waals surface area contributed by atoms with Gasteiger partial charge in [-0.15, -0.1) is 0 Å². The first-order valence-electron chi connectivity index (χ1n) is 7.95. The molecule has 0 fully saturated rings. The molecule has 0 aliphatic heterocycles. The predicted octanol–water partition coefficient (Wildman–Crippen LogP) is 4.37. The predicted molar refractivity (Wildman–Crippen MR) is 99.7 cm³/mol. The Morgan fingerprint density at radius 2 is 1.96 bits per heavy atom. The van der Waals surface area contributed by atoms with E-state index in [9.17, 15) is 0 Å². The van der Waals surface area contributed by atoms with Gasteiger partial charge in [0.1, 0.15) is 5.82 Å². The van der Waals surface area contributed by atoms with Crippen molar-refractivity contribution >= 4 is 23.1 Å². The monoisotopic (exact) mass is 349 g/mol. The van der Waals surface area contributed by atoms with Gasteiger partial charge < -0.3 is 5.32 Å². The molecular weight excluding hydrogens is 334 g/mol. The summed E-state index contributed by atoms with van der Waals surface area (Å²) in [5, 5.41) is 8.60. The number of nitrogens with one attached hydrogen (secondary N) is 1. The Balaban J connectivity index is 1.75. The van der Waals surface area contributed by atoms with Gasteiger partial charge in [0.05, 0.1) is 6.20 Å². The second-order valence-electron chi connectivity index (χ2n) is 5.77. The third-order valence-electron chi connectivity index (χ3n) is 3.96. The first kappa shape index (κ1) is 15.6. The molecule has 0 saturated carbocycles. The molecule has 3 aromatic heterocycles. The van der Waals surface area contributed by atoms with Gasteiger partial charge in [0, 0.05) is 46.8 Å². The summed E-state index contributed by atoms with van der Waals surface area (Å²) in [6.07, 6.45) is 5.41. The lowest BCUT2D eigenvalue weighted by Gasteiger charge is -2.10. The second kappa shape index (κ2) is 6.53. The topological polar surface area (TPSA) is 55.1 Å². The molecule has 0 amide bonds. The zero-order valence-corrected chi connectivity index (χ0v) is 14.4. The third kappa shape index (κ3) is 3.06. The lowest BCUT2D eigenvalue weighted by molar-refractivity contribution is 0.916. The Bertz CT molecular complexity index is 1030. The molecule has 0 bridgehead atoms. The minimum atomic E-state index is 0.660. The highest BCUT2D eigenvalue weighted by atomic mass is 35.5. The quantitative estimate of drug-likeness (QED) is 0.594. The molecule has 0 atom stereocenters. The summed E-state index contributed by atoms with van der Waals surface area (Å²) in [5.41, 5.74) is 4.63. The fourth-order valence-corrected chi connectivity index (χ4v) is 3.01. The van der Waals surface area contributed by atoms with Crippen molar-refractivity contribution in [2.24, 2.45) is 0 Å². The highest BCUT2D eigenvalue weighted by Crippen LogP contribution is 2.31. The van der Waals surface area contributed by atoms with E-state index in [1.54, 1.807) is 12.4 Å². The van der Waals surface area contributed by atoms with E-state index in [1.807, 2.05) is 60.1 Å². The van der Waals surface area contributed by atoms with E-state index in [2.05, 4.69) is 20.4 Å². The van der Waals surface area contributed by atoms with Crippen LogP contribution in [0.15, 0.2) is 61.1 Å². The van der Waals surface area contributed by atoms with Crippen LogP contribution in [-0.4, -0.2) is 19.6 Å². The summed E-state index contributed by atoms with van der Waals surface area (Å²) < 4.78 is 1.81. The molecule has 0 aliphatic rings. The minimum Gasteiger partial charge on any atom is -0.366 e. The Kier molecular flexibility index (Phi) is 4.07. The Morgan fingerprint density at radius 1 is 1.08 bits per heavy atom. The summed E-state index contributed by atoms with van der Waals surface area (Å²) in [7, 11) is 0. The van der Waals surface area contributed by atoms with Crippen molar-refractivity contribution in [2.75, 3.05) is 5.32 Å². The molecule has 3 heterocycles. The first-order chi connectivity index (χ1) is 12.2. The van der Waals surface area contributed by atoms with Gasteiger partial charge in [-0.3, -0.25) is 4.98 Å². The van der Waals surface area contributed by atoms with Crippen LogP contribution in [0.25, 0.3) is 16.8 Å². The van der Waals surface area contributed by atoms with Crippen LogP contribution in [0.3, 0.4) is 0 Å². The average Bonchev–Trinajstić information content (AvgIpc) is 3.04. The summed E-state index contributed by atoms with van der Waals surface area (Å²) in [4.78, 5) is 8.80. The summed E-state index contributed by atoms with van der Waals surface area (Å²) >= 11 is 6.35. The van der Waals surface area contributed by atoms with E-state index in [0.29, 0.717) is 11.6 Å². The maximum atomic E-state index is 6.35. The number of aryl methyl sites for hydroxylation is 1. The van der Waals surface area contributed by atoms with Crippen LogP contribution in [0.2, 0.25) is 5.02 Å². The largest absolute Gasteiger partial charge is 0.366 e. The Labute approximate surface area is 150 Å². The summed E-state index contributed by atoms with van der Waals surface area (Å²) in [5.74, 6) is 0.879. The van der Waals surface area contributed by atoms with Crippen molar-refractivity contribution in [1.82, 2.24) is 19.6 Å². The van der Waals surface area contributed by atoms with Gasteiger partial charge in [-0.25, -0.2) is 4.98 Å². The summed E-state index contributed by atoms with van der Waals surface area (Å²) in [6, 6.07) is 13.7. The van der Waals surface area contributed by atoms with Crippen molar-refractivity contribution < 1.29 is 0 Å². The van der Waals surface area contributed by atoms with Crippen molar-refractivity contribution in [1.29, 1.82) is 0 Å². The smallest absolute Gasteiger partial charge is 0.165 e. The van der Waals surface area contributed by atoms with E-state index in [4.69, 9.17) is 11.6 Å². The number of nitrogens with zero attached hydrogens (tertiary/aromatic N) is 4. The maximum Gasteiger partial charge on any atom is 0.165 e. The number of hydrogen-bond donors (Lipinski definition) is 1. The van der Waals surface area contributed by atoms with Crippen molar-refractivity contribution in [3.05, 3.63) is 77.3 Å². The van der Waals surface area contributed by atoms with E-state index in [1.165, 1.54) is 0 Å². The number of aromatic nitrogens is 4. The molecule has 4 aromatic rings. The van der Waals surface area contributed by atoms with Crippen LogP contribution in [-0.2, 0) is 6.54 Å². The SMILES string of the molecule is Cc1cc(NCc2cccnc2)n2ncc(-c3ccccc3Cl)c2n1. The van der Waals surface area contributed by atoms with Gasteiger partial charge in [-0.05, 0) is 24.6 Å². The van der Waals surface area contributed by atoms with Gasteiger partial charge in [-0.2, -0.15) is 9.61 Å². The van der Waals surface area contributed by atoms with E-state index in [-0.39, 0.29) is 0 Å².